The first-order valence-corrected chi connectivity index (χ1v) is 10.9. The number of hydrogen-bond acceptors (Lipinski definition) is 5. The van der Waals surface area contributed by atoms with Crippen molar-refractivity contribution in [2.24, 2.45) is 0 Å². The minimum Gasteiger partial charge on any atom is -0.357 e. The third-order valence-corrected chi connectivity index (χ3v) is 6.09. The van der Waals surface area contributed by atoms with E-state index in [0.29, 0.717) is 12.4 Å². The molecule has 2 aliphatic rings. The Morgan fingerprint density at radius 1 is 0.967 bits per heavy atom. The fourth-order valence-electron chi connectivity index (χ4n) is 4.43. The van der Waals surface area contributed by atoms with E-state index in [9.17, 15) is 4.79 Å². The first-order valence-electron chi connectivity index (χ1n) is 10.9. The third kappa shape index (κ3) is 4.00. The highest BCUT2D eigenvalue weighted by molar-refractivity contribution is 5.54. The van der Waals surface area contributed by atoms with Crippen LogP contribution in [-0.4, -0.2) is 39.5 Å². The van der Waals surface area contributed by atoms with Crippen molar-refractivity contribution in [1.82, 2.24) is 19.9 Å². The monoisotopic (exact) mass is 401 g/mol. The summed E-state index contributed by atoms with van der Waals surface area (Å²) in [7, 11) is 0. The Kier molecular flexibility index (Phi) is 5.32. The average molecular weight is 402 g/mol. The molecule has 0 atom stereocenters. The van der Waals surface area contributed by atoms with Crippen molar-refractivity contribution in [1.29, 1.82) is 0 Å². The summed E-state index contributed by atoms with van der Waals surface area (Å²) >= 11 is 0. The number of piperidine rings is 1. The van der Waals surface area contributed by atoms with Crippen LogP contribution in [0.3, 0.4) is 0 Å². The van der Waals surface area contributed by atoms with Gasteiger partial charge in [0.05, 0.1) is 11.3 Å². The van der Waals surface area contributed by atoms with Gasteiger partial charge in [0.25, 0.3) is 5.56 Å². The first kappa shape index (κ1) is 19.0. The van der Waals surface area contributed by atoms with Crippen molar-refractivity contribution in [3.63, 3.8) is 0 Å². The smallest absolute Gasteiger partial charge is 0.255 e. The molecule has 154 valence electrons. The molecule has 5 rings (SSSR count). The molecule has 3 aromatic rings. The second-order valence-electron chi connectivity index (χ2n) is 8.24. The number of rotatable bonds is 4. The molecule has 0 spiro atoms. The van der Waals surface area contributed by atoms with E-state index in [1.54, 1.807) is 0 Å². The van der Waals surface area contributed by atoms with Crippen LogP contribution in [0.2, 0.25) is 0 Å². The lowest BCUT2D eigenvalue weighted by Crippen LogP contribution is -2.35. The molecule has 30 heavy (non-hydrogen) atoms. The minimum absolute atomic E-state index is 0.0258. The highest BCUT2D eigenvalue weighted by Gasteiger charge is 2.22. The number of pyridine rings is 1. The Balaban J connectivity index is 1.28. The Hall–Kier alpha value is -2.99. The number of nitrogens with zero attached hydrogens (tertiary/aromatic N) is 4. The molecule has 0 aliphatic carbocycles. The van der Waals surface area contributed by atoms with Gasteiger partial charge in [-0.25, -0.2) is 9.97 Å². The van der Waals surface area contributed by atoms with Crippen LogP contribution in [0.25, 0.3) is 11.4 Å². The fourth-order valence-corrected chi connectivity index (χ4v) is 4.43. The number of benzene rings is 1. The van der Waals surface area contributed by atoms with Gasteiger partial charge in [-0.15, -0.1) is 0 Å². The van der Waals surface area contributed by atoms with Crippen LogP contribution in [0.1, 0.15) is 36.1 Å². The van der Waals surface area contributed by atoms with E-state index >= 15 is 0 Å². The van der Waals surface area contributed by atoms with Crippen LogP contribution in [0.4, 0.5) is 5.82 Å². The zero-order valence-corrected chi connectivity index (χ0v) is 17.2. The van der Waals surface area contributed by atoms with Crippen molar-refractivity contribution in [2.45, 2.75) is 38.8 Å². The topological polar surface area (TPSA) is 65.1 Å². The van der Waals surface area contributed by atoms with Gasteiger partial charge in [0.2, 0.25) is 0 Å². The van der Waals surface area contributed by atoms with Crippen molar-refractivity contribution >= 4 is 5.82 Å². The maximum absolute atomic E-state index is 12.7. The van der Waals surface area contributed by atoms with E-state index in [1.807, 2.05) is 36.5 Å². The van der Waals surface area contributed by atoms with Crippen molar-refractivity contribution in [3.8, 4) is 11.4 Å². The number of nitrogens with one attached hydrogen (secondary N) is 1. The Labute approximate surface area is 176 Å². The lowest BCUT2D eigenvalue weighted by Gasteiger charge is -2.29. The third-order valence-electron chi connectivity index (χ3n) is 6.09. The van der Waals surface area contributed by atoms with Crippen LogP contribution in [0.5, 0.6) is 0 Å². The number of hydrogen-bond donors (Lipinski definition) is 1. The lowest BCUT2D eigenvalue weighted by molar-refractivity contribution is 0.241. The maximum Gasteiger partial charge on any atom is 0.255 e. The summed E-state index contributed by atoms with van der Waals surface area (Å²) in [4.78, 5) is 29.8. The molecule has 4 heterocycles. The normalized spacial score (nSPS) is 17.0. The highest BCUT2D eigenvalue weighted by Crippen LogP contribution is 2.21. The molecule has 1 aromatic carbocycles. The number of fused-ring (bicyclic) bond motifs is 1. The molecule has 6 heteroatoms. The lowest BCUT2D eigenvalue weighted by atomic mass is 10.1. The quantitative estimate of drug-likeness (QED) is 0.726. The first-order chi connectivity index (χ1) is 14.8. The Bertz CT molecular complexity index is 1060. The summed E-state index contributed by atoms with van der Waals surface area (Å²) in [6, 6.07) is 14.1. The van der Waals surface area contributed by atoms with Gasteiger partial charge in [-0.3, -0.25) is 9.69 Å². The molecule has 2 aromatic heterocycles. The van der Waals surface area contributed by atoms with Gasteiger partial charge in [0, 0.05) is 50.9 Å². The van der Waals surface area contributed by atoms with Gasteiger partial charge in [-0.2, -0.15) is 0 Å². The average Bonchev–Trinajstić information content (AvgIpc) is 2.81. The van der Waals surface area contributed by atoms with E-state index < -0.39 is 0 Å². The molecule has 0 unspecified atom stereocenters. The second-order valence-corrected chi connectivity index (χ2v) is 8.24. The summed E-state index contributed by atoms with van der Waals surface area (Å²) in [6.07, 6.45) is 6.61. The summed E-state index contributed by atoms with van der Waals surface area (Å²) in [5, 5.41) is 0. The van der Waals surface area contributed by atoms with Gasteiger partial charge in [-0.05, 0) is 30.9 Å². The van der Waals surface area contributed by atoms with E-state index in [0.717, 1.165) is 55.2 Å². The number of aromatic nitrogens is 3. The van der Waals surface area contributed by atoms with Crippen LogP contribution < -0.4 is 10.5 Å². The molecular weight excluding hydrogens is 374 g/mol. The van der Waals surface area contributed by atoms with Gasteiger partial charge >= 0.3 is 0 Å². The molecule has 0 saturated carbocycles. The molecule has 1 saturated heterocycles. The van der Waals surface area contributed by atoms with Crippen LogP contribution in [0, 0.1) is 0 Å². The SMILES string of the molecule is O=c1[nH]c(-c2ccccc2)nc2c1CN(Cc1ccc(N3CCCCC3)nc1)CC2. The maximum atomic E-state index is 12.7. The highest BCUT2D eigenvalue weighted by atomic mass is 16.1. The van der Waals surface area contributed by atoms with E-state index in [1.165, 1.54) is 24.8 Å². The summed E-state index contributed by atoms with van der Waals surface area (Å²) < 4.78 is 0. The van der Waals surface area contributed by atoms with Crippen molar-refractivity contribution < 1.29 is 0 Å². The van der Waals surface area contributed by atoms with Crippen molar-refractivity contribution in [3.05, 3.63) is 75.8 Å². The minimum atomic E-state index is -0.0258. The molecule has 1 fully saturated rings. The van der Waals surface area contributed by atoms with E-state index in [-0.39, 0.29) is 5.56 Å². The molecule has 2 aliphatic heterocycles. The summed E-state index contributed by atoms with van der Waals surface area (Å²) in [5.41, 5.74) is 3.82. The van der Waals surface area contributed by atoms with E-state index in [4.69, 9.17) is 9.97 Å². The zero-order chi connectivity index (χ0) is 20.3. The van der Waals surface area contributed by atoms with Crippen LogP contribution in [0.15, 0.2) is 53.5 Å². The molecule has 0 bridgehead atoms. The molecular formula is C24H27N5O. The zero-order valence-electron chi connectivity index (χ0n) is 17.2. The predicted octanol–water partition coefficient (Wildman–Crippen LogP) is 3.38. The fraction of sp³-hybridized carbons (Fsp3) is 0.375. The van der Waals surface area contributed by atoms with Crippen LogP contribution in [-0.2, 0) is 19.5 Å². The number of aromatic amines is 1. The van der Waals surface area contributed by atoms with Crippen molar-refractivity contribution in [2.75, 3.05) is 24.5 Å². The molecule has 0 radical (unpaired) electrons. The Morgan fingerprint density at radius 3 is 2.57 bits per heavy atom. The van der Waals surface area contributed by atoms with Gasteiger partial charge in [0.1, 0.15) is 11.6 Å². The van der Waals surface area contributed by atoms with Gasteiger partial charge in [0.15, 0.2) is 0 Å². The summed E-state index contributed by atoms with van der Waals surface area (Å²) in [5.74, 6) is 1.74. The van der Waals surface area contributed by atoms with E-state index in [2.05, 4.69) is 26.9 Å². The largest absolute Gasteiger partial charge is 0.357 e. The summed E-state index contributed by atoms with van der Waals surface area (Å²) in [6.45, 7) is 4.53. The van der Waals surface area contributed by atoms with Gasteiger partial charge in [-0.1, -0.05) is 36.4 Å². The standard InChI is InChI=1S/C24H27N5O/c30-24-20-17-28(14-11-21(20)26-23(27-24)19-7-3-1-4-8-19)16-18-9-10-22(25-15-18)29-12-5-2-6-13-29/h1,3-4,7-10,15H,2,5-6,11-14,16-17H2,(H,26,27,30). The molecule has 0 amide bonds. The van der Waals surface area contributed by atoms with Crippen LogP contribution >= 0.6 is 0 Å². The second kappa shape index (κ2) is 8.40. The number of anilines is 1. The molecule has 1 N–H and O–H groups in total. The predicted molar refractivity (Wildman–Crippen MR) is 118 cm³/mol. The number of H-pyrrole nitrogens is 1. The van der Waals surface area contributed by atoms with Gasteiger partial charge < -0.3 is 9.88 Å². The molecule has 6 nitrogen and oxygen atoms in total. The Morgan fingerprint density at radius 2 is 1.80 bits per heavy atom.